The van der Waals surface area contributed by atoms with Gasteiger partial charge in [0.05, 0.1) is 35.0 Å². The quantitative estimate of drug-likeness (QED) is 0.208. The predicted molar refractivity (Wildman–Crippen MR) is 118 cm³/mol. The second kappa shape index (κ2) is 10.1. The minimum absolute atomic E-state index is 0.0484. The molecule has 0 saturated carbocycles. The molecule has 12 heteroatoms. The summed E-state index contributed by atoms with van der Waals surface area (Å²) in [6, 6.07) is 16.7. The van der Waals surface area contributed by atoms with E-state index in [1.54, 1.807) is 48.5 Å². The van der Waals surface area contributed by atoms with Crippen molar-refractivity contribution in [2.24, 2.45) is 0 Å². The van der Waals surface area contributed by atoms with Crippen LogP contribution in [0.5, 0.6) is 11.7 Å². The van der Waals surface area contributed by atoms with Crippen molar-refractivity contribution < 1.29 is 37.0 Å². The third-order valence-electron chi connectivity index (χ3n) is 5.00. The maximum Gasteiger partial charge on any atom is 0.417 e. The van der Waals surface area contributed by atoms with Crippen molar-refractivity contribution in [1.82, 2.24) is 10.3 Å². The Morgan fingerprint density at radius 1 is 1.19 bits per heavy atom. The van der Waals surface area contributed by atoms with E-state index in [1.807, 2.05) is 0 Å². The molecule has 182 valence electrons. The molecule has 0 spiro atoms. The number of para-hydroxylation sites is 1. The Hall–Kier alpha value is -4.37. The summed E-state index contributed by atoms with van der Waals surface area (Å²) in [5.74, 6) is -1.75. The number of thioether (sulfide) groups is 1. The second-order valence-electron chi connectivity index (χ2n) is 7.24. The first-order valence-corrected chi connectivity index (χ1v) is 11.2. The monoisotopic (exact) mass is 512 g/mol. The van der Waals surface area contributed by atoms with Crippen molar-refractivity contribution in [3.05, 3.63) is 77.5 Å². The number of methoxy groups -OCH3 is 1. The number of hydrogen-bond acceptors (Lipinski definition) is 8. The topological polar surface area (TPSA) is 116 Å². The Morgan fingerprint density at radius 2 is 1.89 bits per heavy atom. The van der Waals surface area contributed by atoms with Crippen molar-refractivity contribution in [2.45, 2.75) is 11.2 Å². The van der Waals surface area contributed by atoms with Crippen molar-refractivity contribution >= 4 is 17.5 Å². The molecule has 8 nitrogen and oxygen atoms in total. The van der Waals surface area contributed by atoms with Gasteiger partial charge in [0, 0.05) is 17.7 Å². The van der Waals surface area contributed by atoms with Crippen molar-refractivity contribution in [2.75, 3.05) is 12.9 Å². The van der Waals surface area contributed by atoms with E-state index in [1.165, 1.54) is 19.2 Å². The van der Waals surface area contributed by atoms with Gasteiger partial charge in [-0.1, -0.05) is 30.0 Å². The number of carbonyl (C=O) groups excluding carboxylic acids is 1. The van der Waals surface area contributed by atoms with Crippen LogP contribution >= 0.6 is 11.8 Å². The van der Waals surface area contributed by atoms with Gasteiger partial charge in [-0.25, -0.2) is 4.98 Å². The van der Waals surface area contributed by atoms with Crippen LogP contribution in [0.1, 0.15) is 21.6 Å². The van der Waals surface area contributed by atoms with Crippen LogP contribution in [0.3, 0.4) is 0 Å². The van der Waals surface area contributed by atoms with E-state index in [-0.39, 0.29) is 10.7 Å². The molecular formula is C24H15F3N4O4S. The van der Waals surface area contributed by atoms with Crippen LogP contribution in [0.4, 0.5) is 13.2 Å². The summed E-state index contributed by atoms with van der Waals surface area (Å²) in [5, 5.41) is 24.9. The van der Waals surface area contributed by atoms with E-state index >= 15 is 0 Å². The zero-order chi connectivity index (χ0) is 25.9. The van der Waals surface area contributed by atoms with E-state index in [4.69, 9.17) is 4.74 Å². The van der Waals surface area contributed by atoms with Crippen LogP contribution < -0.4 is 14.5 Å². The number of rotatable bonds is 7. The lowest BCUT2D eigenvalue weighted by Gasteiger charge is -2.14. The molecule has 2 aromatic carbocycles. The molecule has 0 aliphatic carbocycles. The largest absolute Gasteiger partial charge is 0.539 e. The molecule has 0 aliphatic heterocycles. The molecule has 36 heavy (non-hydrogen) atoms. The first-order chi connectivity index (χ1) is 17.2. The Balaban J connectivity index is 1.71. The number of ether oxygens (including phenoxy) is 1. The highest BCUT2D eigenvalue weighted by atomic mass is 32.2. The molecule has 0 saturated heterocycles. The number of aromatic nitrogens is 3. The number of pyridine rings is 1. The standard InChI is InChI=1S/C24H15F3N4O4S/c1-34-16-9-7-14(8-10-16)19-11-18(24(25,26)27)17(12-28)22(29-19)36-13-20(32)21-23(33)35-30-31(21)15-5-3-2-4-6-15/h2-11H,13H2,1H3. The van der Waals surface area contributed by atoms with Gasteiger partial charge in [0.2, 0.25) is 11.5 Å². The Morgan fingerprint density at radius 3 is 2.50 bits per heavy atom. The molecule has 0 N–H and O–H groups in total. The fourth-order valence-corrected chi connectivity index (χ4v) is 4.16. The number of halogens is 3. The molecule has 0 bridgehead atoms. The highest BCUT2D eigenvalue weighted by Crippen LogP contribution is 2.38. The number of Topliss-reactive ketones (excluding diaryl/α,β-unsaturated/α-hetero) is 1. The maximum atomic E-state index is 13.8. The fraction of sp³-hybridized carbons (Fsp3) is 0.125. The molecule has 0 unspecified atom stereocenters. The highest BCUT2D eigenvalue weighted by Gasteiger charge is 2.36. The maximum absolute atomic E-state index is 13.8. The predicted octanol–water partition coefficient (Wildman–Crippen LogP) is 3.96. The first kappa shape index (κ1) is 24.7. The molecular weight excluding hydrogens is 497 g/mol. The van der Waals surface area contributed by atoms with E-state index in [0.717, 1.165) is 10.7 Å². The highest BCUT2D eigenvalue weighted by molar-refractivity contribution is 8.00. The van der Waals surface area contributed by atoms with Crippen LogP contribution in [0.2, 0.25) is 0 Å². The molecule has 4 aromatic rings. The normalized spacial score (nSPS) is 11.2. The van der Waals surface area contributed by atoms with Crippen LogP contribution in [0.15, 0.2) is 70.2 Å². The lowest BCUT2D eigenvalue weighted by molar-refractivity contribution is -0.672. The third-order valence-corrected chi connectivity index (χ3v) is 5.98. The Kier molecular flexibility index (Phi) is 6.93. The summed E-state index contributed by atoms with van der Waals surface area (Å²) in [5.41, 5.74) is -1.63. The van der Waals surface area contributed by atoms with Gasteiger partial charge in [-0.3, -0.25) is 4.79 Å². The number of alkyl halides is 3. The van der Waals surface area contributed by atoms with Crippen molar-refractivity contribution in [3.63, 3.8) is 0 Å². The van der Waals surface area contributed by atoms with Crippen LogP contribution in [-0.4, -0.2) is 28.9 Å². The average molecular weight is 512 g/mol. The molecule has 2 heterocycles. The molecule has 0 fully saturated rings. The molecule has 0 radical (unpaired) electrons. The fourth-order valence-electron chi connectivity index (χ4n) is 3.30. The minimum Gasteiger partial charge on any atom is -0.539 e. The minimum atomic E-state index is -4.85. The van der Waals surface area contributed by atoms with Gasteiger partial charge in [0.25, 0.3) is 0 Å². The second-order valence-corrected chi connectivity index (χ2v) is 8.21. The lowest BCUT2D eigenvalue weighted by Crippen LogP contribution is -2.39. The molecule has 0 aliphatic rings. The van der Waals surface area contributed by atoms with Gasteiger partial charge < -0.3 is 14.4 Å². The average Bonchev–Trinajstić information content (AvgIpc) is 3.28. The van der Waals surface area contributed by atoms with Crippen LogP contribution in [-0.2, 0) is 6.18 Å². The van der Waals surface area contributed by atoms with E-state index in [2.05, 4.69) is 14.8 Å². The number of carbonyl (C=O) groups is 1. The Bertz CT molecular complexity index is 1450. The van der Waals surface area contributed by atoms with E-state index in [9.17, 15) is 28.3 Å². The number of benzene rings is 2. The molecule has 2 aromatic heterocycles. The zero-order valence-electron chi connectivity index (χ0n) is 18.4. The molecule has 4 rings (SSSR count). The third kappa shape index (κ3) is 5.01. The summed E-state index contributed by atoms with van der Waals surface area (Å²) in [6.45, 7) is 0. The van der Waals surface area contributed by atoms with Crippen LogP contribution in [0.25, 0.3) is 16.9 Å². The van der Waals surface area contributed by atoms with Gasteiger partial charge in [-0.2, -0.15) is 18.4 Å². The van der Waals surface area contributed by atoms with Gasteiger partial charge in [-0.15, -0.1) is 0 Å². The summed E-state index contributed by atoms with van der Waals surface area (Å²) >= 11 is 0.608. The first-order valence-electron chi connectivity index (χ1n) is 10.2. The van der Waals surface area contributed by atoms with E-state index in [0.29, 0.717) is 28.8 Å². The van der Waals surface area contributed by atoms with Gasteiger partial charge in [-0.05, 0) is 35.0 Å². The van der Waals surface area contributed by atoms with Gasteiger partial charge >= 0.3 is 11.9 Å². The molecule has 0 amide bonds. The lowest BCUT2D eigenvalue weighted by atomic mass is 10.1. The number of hydrogen-bond donors (Lipinski definition) is 0. The summed E-state index contributed by atoms with van der Waals surface area (Å²) in [7, 11) is 1.45. The van der Waals surface area contributed by atoms with Crippen molar-refractivity contribution in [3.8, 4) is 34.7 Å². The smallest absolute Gasteiger partial charge is 0.417 e. The summed E-state index contributed by atoms with van der Waals surface area (Å²) in [6.07, 6.45) is -4.85. The van der Waals surface area contributed by atoms with E-state index < -0.39 is 40.5 Å². The Labute approximate surface area is 206 Å². The summed E-state index contributed by atoms with van der Waals surface area (Å²) in [4.78, 5) is 17.1. The van der Waals surface area contributed by atoms with Gasteiger partial charge in [0.1, 0.15) is 16.8 Å². The number of ketones is 1. The zero-order valence-corrected chi connectivity index (χ0v) is 19.3. The van der Waals surface area contributed by atoms with Crippen molar-refractivity contribution in [1.29, 1.82) is 5.26 Å². The van der Waals surface area contributed by atoms with Crippen LogP contribution in [0, 0.1) is 11.3 Å². The number of nitriles is 1. The summed E-state index contributed by atoms with van der Waals surface area (Å²) < 4.78 is 52.1. The van der Waals surface area contributed by atoms with Gasteiger partial charge in [0.15, 0.2) is 5.95 Å². The molecule has 0 atom stereocenters. The number of nitrogens with zero attached hydrogens (tertiary/aromatic N) is 4. The SMILES string of the molecule is COc1ccc(-c2cc(C(F)(F)F)c(C#N)c(SCC(=O)c3c([O-])on[n+]3-c3ccccc3)n2)cc1.